The maximum absolute atomic E-state index is 12.1. The summed E-state index contributed by atoms with van der Waals surface area (Å²) in [6.45, 7) is 2.56. The van der Waals surface area contributed by atoms with Gasteiger partial charge in [-0.1, -0.05) is 31.2 Å². The number of rotatable bonds is 6. The van der Waals surface area contributed by atoms with Gasteiger partial charge in [0, 0.05) is 18.0 Å². The first kappa shape index (κ1) is 15.7. The third-order valence-corrected chi connectivity index (χ3v) is 4.57. The minimum absolute atomic E-state index is 0.188. The van der Waals surface area contributed by atoms with Crippen LogP contribution in [0.25, 0.3) is 0 Å². The number of aryl methyl sites for hydroxylation is 1. The largest absolute Gasteiger partial charge is 0.347 e. The first-order valence-electron chi connectivity index (χ1n) is 7.78. The Morgan fingerprint density at radius 2 is 1.87 bits per heavy atom. The molecule has 0 spiro atoms. The zero-order chi connectivity index (χ0) is 16.2. The third kappa shape index (κ3) is 4.16. The summed E-state index contributed by atoms with van der Waals surface area (Å²) >= 11 is 1.20. The van der Waals surface area contributed by atoms with Crippen molar-refractivity contribution in [2.45, 2.75) is 38.8 Å². The molecule has 0 atom stereocenters. The van der Waals surface area contributed by atoms with Gasteiger partial charge in [0.15, 0.2) is 5.01 Å². The van der Waals surface area contributed by atoms with Gasteiger partial charge >= 0.3 is 0 Å². The number of nitrogens with zero attached hydrogens (tertiary/aromatic N) is 1. The lowest BCUT2D eigenvalue weighted by molar-refractivity contribution is 0.0945. The molecule has 1 aromatic heterocycles. The Morgan fingerprint density at radius 3 is 2.52 bits per heavy atom. The fourth-order valence-corrected chi connectivity index (χ4v) is 2.82. The summed E-state index contributed by atoms with van der Waals surface area (Å²) in [5, 5.41) is 7.66. The molecule has 5 nitrogen and oxygen atoms in total. The second-order valence-electron chi connectivity index (χ2n) is 5.64. The summed E-state index contributed by atoms with van der Waals surface area (Å²) in [5.41, 5.74) is 2.60. The van der Waals surface area contributed by atoms with Crippen molar-refractivity contribution in [2.24, 2.45) is 0 Å². The zero-order valence-corrected chi connectivity index (χ0v) is 13.8. The zero-order valence-electron chi connectivity index (χ0n) is 13.0. The number of hydrogen-bond donors (Lipinski definition) is 2. The summed E-state index contributed by atoms with van der Waals surface area (Å²) in [5.74, 6) is -0.446. The molecule has 2 aromatic rings. The van der Waals surface area contributed by atoms with Gasteiger partial charge in [-0.25, -0.2) is 4.98 Å². The number of carbonyl (C=O) groups is 2. The Bertz CT molecular complexity index is 705. The topological polar surface area (TPSA) is 71.1 Å². The second kappa shape index (κ2) is 6.91. The van der Waals surface area contributed by atoms with Crippen LogP contribution in [0.2, 0.25) is 0 Å². The molecule has 0 saturated heterocycles. The van der Waals surface area contributed by atoms with Gasteiger partial charge in [-0.3, -0.25) is 9.59 Å². The molecule has 3 rings (SSSR count). The van der Waals surface area contributed by atoms with Crippen LogP contribution in [0.5, 0.6) is 0 Å². The number of benzene rings is 1. The van der Waals surface area contributed by atoms with E-state index in [0.717, 1.165) is 24.8 Å². The minimum atomic E-state index is -0.258. The number of hydrogen-bond acceptors (Lipinski definition) is 4. The molecular weight excluding hydrogens is 310 g/mol. The molecule has 23 heavy (non-hydrogen) atoms. The highest BCUT2D eigenvalue weighted by Crippen LogP contribution is 2.20. The van der Waals surface area contributed by atoms with E-state index in [1.54, 1.807) is 5.38 Å². The van der Waals surface area contributed by atoms with Crippen LogP contribution < -0.4 is 10.6 Å². The molecule has 2 N–H and O–H groups in total. The van der Waals surface area contributed by atoms with E-state index < -0.39 is 0 Å². The minimum Gasteiger partial charge on any atom is -0.347 e. The number of amides is 2. The molecular formula is C17H19N3O2S. The molecule has 0 aliphatic heterocycles. The maximum Gasteiger partial charge on any atom is 0.280 e. The van der Waals surface area contributed by atoms with Gasteiger partial charge in [0.25, 0.3) is 11.8 Å². The first-order chi connectivity index (χ1) is 11.2. The van der Waals surface area contributed by atoms with Crippen LogP contribution in [0.4, 0.5) is 0 Å². The van der Waals surface area contributed by atoms with Gasteiger partial charge in [-0.15, -0.1) is 11.3 Å². The van der Waals surface area contributed by atoms with E-state index in [2.05, 4.69) is 34.7 Å². The molecule has 1 saturated carbocycles. The average Bonchev–Trinajstić information content (AvgIpc) is 3.24. The average molecular weight is 329 g/mol. The lowest BCUT2D eigenvalue weighted by atomic mass is 10.1. The van der Waals surface area contributed by atoms with Gasteiger partial charge in [0.1, 0.15) is 5.69 Å². The predicted octanol–water partition coefficient (Wildman–Crippen LogP) is 2.53. The van der Waals surface area contributed by atoms with Crippen LogP contribution in [0.1, 0.15) is 51.2 Å². The van der Waals surface area contributed by atoms with E-state index in [4.69, 9.17) is 0 Å². The van der Waals surface area contributed by atoms with Gasteiger partial charge in [-0.05, 0) is 30.4 Å². The predicted molar refractivity (Wildman–Crippen MR) is 89.6 cm³/mol. The molecule has 0 unspecified atom stereocenters. The van der Waals surface area contributed by atoms with Crippen molar-refractivity contribution >= 4 is 23.2 Å². The molecule has 1 fully saturated rings. The number of carbonyl (C=O) groups excluding carboxylic acids is 2. The highest BCUT2D eigenvalue weighted by molar-refractivity contribution is 7.11. The van der Waals surface area contributed by atoms with Crippen LogP contribution in [0.15, 0.2) is 29.6 Å². The van der Waals surface area contributed by atoms with Crippen molar-refractivity contribution in [1.29, 1.82) is 0 Å². The summed E-state index contributed by atoms with van der Waals surface area (Å²) < 4.78 is 0. The summed E-state index contributed by atoms with van der Waals surface area (Å²) in [6.07, 6.45) is 3.06. The number of thiazole rings is 1. The van der Waals surface area contributed by atoms with E-state index in [1.165, 1.54) is 16.9 Å². The quantitative estimate of drug-likeness (QED) is 0.855. The van der Waals surface area contributed by atoms with Gasteiger partial charge in [0.05, 0.1) is 0 Å². The maximum atomic E-state index is 12.1. The molecule has 1 aromatic carbocycles. The van der Waals surface area contributed by atoms with Crippen LogP contribution in [0, 0.1) is 0 Å². The molecule has 1 aliphatic carbocycles. The van der Waals surface area contributed by atoms with Crippen molar-refractivity contribution in [2.75, 3.05) is 0 Å². The Morgan fingerprint density at radius 1 is 1.17 bits per heavy atom. The normalized spacial score (nSPS) is 13.6. The van der Waals surface area contributed by atoms with Crippen molar-refractivity contribution < 1.29 is 9.59 Å². The standard InChI is InChI=1S/C17H19N3O2S/c1-2-11-3-5-12(6-4-11)9-18-15(21)14-10-23-17(20-14)16(22)19-13-7-8-13/h3-6,10,13H,2,7-9H2,1H3,(H,18,21)(H,19,22). The van der Waals surface area contributed by atoms with Crippen molar-refractivity contribution in [3.8, 4) is 0 Å². The molecule has 2 amide bonds. The fraction of sp³-hybridized carbons (Fsp3) is 0.353. The van der Waals surface area contributed by atoms with E-state index in [0.29, 0.717) is 17.2 Å². The number of aromatic nitrogens is 1. The summed E-state index contributed by atoms with van der Waals surface area (Å²) in [7, 11) is 0. The smallest absolute Gasteiger partial charge is 0.280 e. The van der Waals surface area contributed by atoms with Crippen LogP contribution in [-0.4, -0.2) is 22.8 Å². The Balaban J connectivity index is 1.55. The summed E-state index contributed by atoms with van der Waals surface area (Å²) in [4.78, 5) is 28.1. The second-order valence-corrected chi connectivity index (χ2v) is 6.50. The highest BCUT2D eigenvalue weighted by Gasteiger charge is 2.25. The SMILES string of the molecule is CCc1ccc(CNC(=O)c2csc(C(=O)NC3CC3)n2)cc1. The van der Waals surface area contributed by atoms with E-state index in [1.807, 2.05) is 12.1 Å². The fourth-order valence-electron chi connectivity index (χ4n) is 2.12. The molecule has 6 heteroatoms. The van der Waals surface area contributed by atoms with Gasteiger partial charge in [0.2, 0.25) is 0 Å². The Labute approximate surface area is 139 Å². The molecule has 120 valence electrons. The molecule has 1 heterocycles. The Kier molecular flexibility index (Phi) is 4.71. The molecule has 0 bridgehead atoms. The third-order valence-electron chi connectivity index (χ3n) is 3.73. The highest BCUT2D eigenvalue weighted by atomic mass is 32.1. The van der Waals surface area contributed by atoms with Gasteiger partial charge in [-0.2, -0.15) is 0 Å². The van der Waals surface area contributed by atoms with Crippen molar-refractivity contribution in [3.05, 3.63) is 51.5 Å². The van der Waals surface area contributed by atoms with Crippen molar-refractivity contribution in [1.82, 2.24) is 15.6 Å². The summed E-state index contributed by atoms with van der Waals surface area (Å²) in [6, 6.07) is 8.42. The van der Waals surface area contributed by atoms with Gasteiger partial charge < -0.3 is 10.6 Å². The monoisotopic (exact) mass is 329 g/mol. The van der Waals surface area contributed by atoms with Crippen LogP contribution >= 0.6 is 11.3 Å². The Hall–Kier alpha value is -2.21. The first-order valence-corrected chi connectivity index (χ1v) is 8.66. The number of nitrogens with one attached hydrogen (secondary N) is 2. The lowest BCUT2D eigenvalue weighted by Gasteiger charge is -2.04. The van der Waals surface area contributed by atoms with E-state index >= 15 is 0 Å². The molecule has 1 aliphatic rings. The molecule has 0 radical (unpaired) electrons. The van der Waals surface area contributed by atoms with E-state index in [-0.39, 0.29) is 17.9 Å². The van der Waals surface area contributed by atoms with E-state index in [9.17, 15) is 9.59 Å². The van der Waals surface area contributed by atoms with Crippen LogP contribution in [0.3, 0.4) is 0 Å². The lowest BCUT2D eigenvalue weighted by Crippen LogP contribution is -2.26. The van der Waals surface area contributed by atoms with Crippen molar-refractivity contribution in [3.63, 3.8) is 0 Å². The van der Waals surface area contributed by atoms with Crippen LogP contribution in [-0.2, 0) is 13.0 Å².